The zero-order valence-electron chi connectivity index (χ0n) is 15.2. The molecule has 0 saturated heterocycles. The second-order valence-corrected chi connectivity index (χ2v) is 8.10. The molecule has 3 heterocycles. The van der Waals surface area contributed by atoms with E-state index in [9.17, 15) is 5.11 Å². The zero-order valence-corrected chi connectivity index (χ0v) is 16.0. The number of imidazole rings is 1. The summed E-state index contributed by atoms with van der Waals surface area (Å²) in [5.41, 5.74) is 6.56. The van der Waals surface area contributed by atoms with E-state index in [-0.39, 0.29) is 0 Å². The van der Waals surface area contributed by atoms with Crippen LogP contribution in [0.2, 0.25) is 5.02 Å². The van der Waals surface area contributed by atoms with Crippen molar-refractivity contribution in [2.24, 2.45) is 11.8 Å². The van der Waals surface area contributed by atoms with Crippen LogP contribution in [-0.4, -0.2) is 24.6 Å². The normalized spacial score (nSPS) is 16.9. The van der Waals surface area contributed by atoms with Crippen LogP contribution in [0.1, 0.15) is 31.4 Å². The van der Waals surface area contributed by atoms with Crippen molar-refractivity contribution >= 4 is 28.9 Å². The summed E-state index contributed by atoms with van der Waals surface area (Å²) in [7, 11) is 0. The molecule has 0 bridgehead atoms. The van der Waals surface area contributed by atoms with Crippen molar-refractivity contribution in [3.05, 3.63) is 53.7 Å². The number of nitrogens with two attached hydrogens (primary N) is 1. The number of nitrogens with one attached hydrogen (secondary N) is 1. The van der Waals surface area contributed by atoms with Crippen LogP contribution in [0.25, 0.3) is 5.82 Å². The number of halogens is 1. The highest BCUT2D eigenvalue weighted by Gasteiger charge is 2.55. The van der Waals surface area contributed by atoms with Crippen molar-refractivity contribution in [3.63, 3.8) is 0 Å². The lowest BCUT2D eigenvalue weighted by molar-refractivity contribution is -0.0140. The minimum absolute atomic E-state index is 0.322. The molecular weight excluding hydrogens is 376 g/mol. The van der Waals surface area contributed by atoms with Crippen LogP contribution in [0, 0.1) is 11.8 Å². The summed E-state index contributed by atoms with van der Waals surface area (Å²) in [5, 5.41) is 15.0. The van der Waals surface area contributed by atoms with Gasteiger partial charge in [-0.05, 0) is 49.7 Å². The first-order chi connectivity index (χ1) is 13.5. The molecule has 3 aromatic heterocycles. The summed E-state index contributed by atoms with van der Waals surface area (Å²) in [6.45, 7) is 0. The van der Waals surface area contributed by atoms with E-state index in [4.69, 9.17) is 17.3 Å². The average molecular weight is 397 g/mol. The molecule has 0 spiro atoms. The minimum Gasteiger partial charge on any atom is -0.399 e. The monoisotopic (exact) mass is 396 g/mol. The maximum absolute atomic E-state index is 11.3. The molecule has 2 saturated carbocycles. The zero-order chi connectivity index (χ0) is 19.3. The summed E-state index contributed by atoms with van der Waals surface area (Å²) in [5.74, 6) is 2.41. The molecule has 8 heteroatoms. The molecule has 4 N–H and O–H groups in total. The quantitative estimate of drug-likeness (QED) is 0.587. The van der Waals surface area contributed by atoms with Crippen LogP contribution in [0.15, 0.2) is 43.0 Å². The second kappa shape index (κ2) is 6.46. The number of pyridine rings is 2. The molecule has 0 aromatic carbocycles. The lowest BCUT2D eigenvalue weighted by Crippen LogP contribution is -2.31. The maximum Gasteiger partial charge on any atom is 0.142 e. The summed E-state index contributed by atoms with van der Waals surface area (Å²) in [6, 6.07) is 6.93. The molecule has 3 aromatic rings. The van der Waals surface area contributed by atoms with Crippen LogP contribution in [0.3, 0.4) is 0 Å². The highest BCUT2D eigenvalue weighted by molar-refractivity contribution is 6.30. The smallest absolute Gasteiger partial charge is 0.142 e. The summed E-state index contributed by atoms with van der Waals surface area (Å²) < 4.78 is 1.80. The van der Waals surface area contributed by atoms with Gasteiger partial charge in [0.25, 0.3) is 0 Å². The topological polar surface area (TPSA) is 102 Å². The Morgan fingerprint density at radius 3 is 2.54 bits per heavy atom. The van der Waals surface area contributed by atoms with Gasteiger partial charge in [-0.2, -0.15) is 0 Å². The van der Waals surface area contributed by atoms with E-state index < -0.39 is 5.60 Å². The van der Waals surface area contributed by atoms with E-state index >= 15 is 0 Å². The van der Waals surface area contributed by atoms with Gasteiger partial charge in [-0.1, -0.05) is 11.6 Å². The van der Waals surface area contributed by atoms with Gasteiger partial charge in [-0.25, -0.2) is 15.0 Å². The first kappa shape index (κ1) is 17.5. The first-order valence-electron chi connectivity index (χ1n) is 9.46. The van der Waals surface area contributed by atoms with Crippen molar-refractivity contribution in [3.8, 4) is 5.82 Å². The number of nitrogens with zero attached hydrogens (tertiary/aromatic N) is 4. The largest absolute Gasteiger partial charge is 0.399 e. The fraction of sp³-hybridized carbons (Fsp3) is 0.350. The van der Waals surface area contributed by atoms with E-state index in [1.54, 1.807) is 41.4 Å². The Balaban J connectivity index is 1.45. The number of anilines is 3. The van der Waals surface area contributed by atoms with E-state index in [0.29, 0.717) is 40.0 Å². The number of nitrogen functional groups attached to an aromatic ring is 1. The van der Waals surface area contributed by atoms with Crippen LogP contribution < -0.4 is 11.1 Å². The molecule has 2 aliphatic rings. The van der Waals surface area contributed by atoms with Crippen molar-refractivity contribution < 1.29 is 5.11 Å². The molecule has 2 aliphatic carbocycles. The predicted octanol–water partition coefficient (Wildman–Crippen LogP) is 3.65. The lowest BCUT2D eigenvalue weighted by Gasteiger charge is -2.26. The third-order valence-corrected chi connectivity index (χ3v) is 5.70. The number of aliphatic hydroxyl groups is 1. The second-order valence-electron chi connectivity index (χ2n) is 7.67. The molecule has 2 fully saturated rings. The molecule has 144 valence electrons. The van der Waals surface area contributed by atoms with Gasteiger partial charge in [0, 0.05) is 35.2 Å². The Hall–Kier alpha value is -2.64. The number of hydrogen-bond donors (Lipinski definition) is 3. The highest BCUT2D eigenvalue weighted by Crippen LogP contribution is 2.57. The van der Waals surface area contributed by atoms with Crippen LogP contribution in [0.5, 0.6) is 0 Å². The minimum atomic E-state index is -0.808. The van der Waals surface area contributed by atoms with E-state index in [1.165, 1.54) is 0 Å². The SMILES string of the molecule is Nc1cc(Nc2cc(Cl)ccn2)nc(-n2cnc(C(O)(C3CC3)C3CC3)c2)c1. The Morgan fingerprint density at radius 1 is 1.11 bits per heavy atom. The summed E-state index contributed by atoms with van der Waals surface area (Å²) >= 11 is 6.01. The van der Waals surface area contributed by atoms with Gasteiger partial charge in [-0.15, -0.1) is 0 Å². The highest BCUT2D eigenvalue weighted by atomic mass is 35.5. The lowest BCUT2D eigenvalue weighted by atomic mass is 9.89. The fourth-order valence-corrected chi connectivity index (χ4v) is 3.95. The summed E-state index contributed by atoms with van der Waals surface area (Å²) in [4.78, 5) is 13.4. The molecule has 0 radical (unpaired) electrons. The van der Waals surface area contributed by atoms with Gasteiger partial charge in [0.1, 0.15) is 29.4 Å². The third kappa shape index (κ3) is 3.21. The van der Waals surface area contributed by atoms with Gasteiger partial charge in [0.2, 0.25) is 0 Å². The molecule has 0 atom stereocenters. The molecule has 28 heavy (non-hydrogen) atoms. The van der Waals surface area contributed by atoms with Crippen molar-refractivity contribution in [2.75, 3.05) is 11.1 Å². The van der Waals surface area contributed by atoms with Gasteiger partial charge >= 0.3 is 0 Å². The Labute approximate surface area is 167 Å². The number of aromatic nitrogens is 4. The van der Waals surface area contributed by atoms with Crippen LogP contribution in [-0.2, 0) is 5.60 Å². The molecule has 7 nitrogen and oxygen atoms in total. The molecule has 0 amide bonds. The summed E-state index contributed by atoms with van der Waals surface area (Å²) in [6.07, 6.45) is 9.45. The van der Waals surface area contributed by atoms with E-state index in [2.05, 4.69) is 20.3 Å². The van der Waals surface area contributed by atoms with Gasteiger partial charge in [0.05, 0.1) is 5.69 Å². The van der Waals surface area contributed by atoms with Crippen LogP contribution in [0.4, 0.5) is 17.3 Å². The molecule has 0 unspecified atom stereocenters. The van der Waals surface area contributed by atoms with Crippen LogP contribution >= 0.6 is 11.6 Å². The predicted molar refractivity (Wildman–Crippen MR) is 108 cm³/mol. The Kier molecular flexibility index (Phi) is 4.03. The van der Waals surface area contributed by atoms with Gasteiger partial charge in [-0.3, -0.25) is 4.57 Å². The molecular formula is C20H21ClN6O. The van der Waals surface area contributed by atoms with Gasteiger partial charge < -0.3 is 16.2 Å². The maximum atomic E-state index is 11.3. The number of rotatable bonds is 6. The van der Waals surface area contributed by atoms with Gasteiger partial charge in [0.15, 0.2) is 0 Å². The van der Waals surface area contributed by atoms with Crippen molar-refractivity contribution in [2.45, 2.75) is 31.3 Å². The molecule has 0 aliphatic heterocycles. The average Bonchev–Trinajstić information content (AvgIpc) is 3.58. The van der Waals surface area contributed by atoms with Crippen molar-refractivity contribution in [1.29, 1.82) is 0 Å². The van der Waals surface area contributed by atoms with E-state index in [0.717, 1.165) is 31.4 Å². The Bertz CT molecular complexity index is 1020. The third-order valence-electron chi connectivity index (χ3n) is 5.47. The fourth-order valence-electron chi connectivity index (χ4n) is 3.79. The van der Waals surface area contributed by atoms with E-state index in [1.807, 2.05) is 6.20 Å². The Morgan fingerprint density at radius 2 is 1.86 bits per heavy atom. The van der Waals surface area contributed by atoms with Crippen molar-refractivity contribution in [1.82, 2.24) is 19.5 Å². The molecule has 5 rings (SSSR count). The number of hydrogen-bond acceptors (Lipinski definition) is 6. The standard InChI is InChI=1S/C20H21ClN6O/c21-14-5-6-23-17(7-14)25-18-8-15(22)9-19(26-18)27-10-16(24-11-27)20(28,12-1-2-12)13-3-4-13/h5-13,28H,1-4H2,(H3,22,23,25,26). The first-order valence-corrected chi connectivity index (χ1v) is 9.83.